The van der Waals surface area contributed by atoms with Gasteiger partial charge in [-0.2, -0.15) is 0 Å². The number of nitrogens with two attached hydrogens (primary N) is 1. The van der Waals surface area contributed by atoms with Crippen LogP contribution >= 0.6 is 0 Å². The molecule has 1 aliphatic carbocycles. The van der Waals surface area contributed by atoms with Crippen molar-refractivity contribution in [2.24, 2.45) is 5.73 Å². The van der Waals surface area contributed by atoms with Gasteiger partial charge in [-0.3, -0.25) is 19.1 Å². The van der Waals surface area contributed by atoms with Gasteiger partial charge in [-0.1, -0.05) is 24.3 Å². The van der Waals surface area contributed by atoms with Crippen LogP contribution in [0.4, 0.5) is 4.39 Å². The highest BCUT2D eigenvalue weighted by atomic mass is 19.1. The van der Waals surface area contributed by atoms with Gasteiger partial charge in [0.25, 0.3) is 5.56 Å². The molecule has 3 aromatic carbocycles. The zero-order valence-electron chi connectivity index (χ0n) is 21.6. The lowest BCUT2D eigenvalue weighted by atomic mass is 9.88. The number of carbonyl (C=O) groups is 1. The number of carbonyl (C=O) groups excluding carboxylic acids is 1. The molecule has 5 aromatic rings. The van der Waals surface area contributed by atoms with Crippen molar-refractivity contribution in [2.45, 2.75) is 32.8 Å². The molecule has 0 saturated carbocycles. The molecule has 0 spiro atoms. The van der Waals surface area contributed by atoms with Crippen molar-refractivity contribution in [3.8, 4) is 27.9 Å². The van der Waals surface area contributed by atoms with E-state index in [0.29, 0.717) is 23.4 Å². The van der Waals surface area contributed by atoms with Gasteiger partial charge in [-0.05, 0) is 90.0 Å². The third-order valence-electron chi connectivity index (χ3n) is 7.42. The summed E-state index contributed by atoms with van der Waals surface area (Å²) in [6.07, 6.45) is 3.56. The molecular formula is C31H25FN4O3. The molecule has 3 N–H and O–H groups in total. The molecule has 0 aliphatic heterocycles. The minimum absolute atomic E-state index is 0.0280. The van der Waals surface area contributed by atoms with E-state index in [-0.39, 0.29) is 16.5 Å². The fourth-order valence-corrected chi connectivity index (χ4v) is 5.44. The maximum Gasteiger partial charge on any atom is 0.265 e. The molecule has 8 heteroatoms. The fraction of sp³-hybridized carbons (Fsp3) is 0.161. The quantitative estimate of drug-likeness (QED) is 0.347. The van der Waals surface area contributed by atoms with E-state index >= 15 is 0 Å². The first-order valence-corrected chi connectivity index (χ1v) is 12.5. The average Bonchev–Trinajstić information content (AvgIpc) is 3.28. The van der Waals surface area contributed by atoms with Crippen LogP contribution in [0.25, 0.3) is 38.8 Å². The van der Waals surface area contributed by atoms with E-state index in [0.717, 1.165) is 38.9 Å². The van der Waals surface area contributed by atoms with Gasteiger partial charge < -0.3 is 10.8 Å². The van der Waals surface area contributed by atoms with E-state index in [1.165, 1.54) is 23.0 Å². The van der Waals surface area contributed by atoms with Gasteiger partial charge in [0.2, 0.25) is 5.91 Å². The highest BCUT2D eigenvalue weighted by Crippen LogP contribution is 2.46. The summed E-state index contributed by atoms with van der Waals surface area (Å²) in [5.74, 6) is -1.07. The predicted molar refractivity (Wildman–Crippen MR) is 147 cm³/mol. The maximum absolute atomic E-state index is 14.2. The number of aromatic nitrogens is 3. The summed E-state index contributed by atoms with van der Waals surface area (Å²) in [5.41, 5.74) is 11.8. The van der Waals surface area contributed by atoms with Crippen LogP contribution < -0.4 is 11.3 Å². The number of amides is 1. The monoisotopic (exact) mass is 520 g/mol. The molecule has 7 nitrogen and oxygen atoms in total. The zero-order valence-corrected chi connectivity index (χ0v) is 21.6. The van der Waals surface area contributed by atoms with Gasteiger partial charge >= 0.3 is 0 Å². The van der Waals surface area contributed by atoms with Crippen LogP contribution in [0.5, 0.6) is 0 Å². The molecule has 2 heterocycles. The van der Waals surface area contributed by atoms with Crippen molar-refractivity contribution in [3.63, 3.8) is 0 Å². The van der Waals surface area contributed by atoms with Crippen molar-refractivity contribution < 1.29 is 14.3 Å². The lowest BCUT2D eigenvalue weighted by Gasteiger charge is -2.19. The summed E-state index contributed by atoms with van der Waals surface area (Å²) in [5, 5.41) is 10.8. The number of halogens is 1. The number of benzene rings is 3. The van der Waals surface area contributed by atoms with Crippen LogP contribution in [-0.4, -0.2) is 25.5 Å². The second kappa shape index (κ2) is 8.68. The van der Waals surface area contributed by atoms with Crippen LogP contribution in [0.1, 0.15) is 46.6 Å². The van der Waals surface area contributed by atoms with Gasteiger partial charge in [0.1, 0.15) is 23.3 Å². The Morgan fingerprint density at radius 3 is 2.56 bits per heavy atom. The fourth-order valence-electron chi connectivity index (χ4n) is 5.44. The Morgan fingerprint density at radius 1 is 1.05 bits per heavy atom. The molecule has 0 bridgehead atoms. The molecule has 2 aromatic heterocycles. The largest absolute Gasteiger partial charge is 0.384 e. The Balaban J connectivity index is 1.60. The van der Waals surface area contributed by atoms with Crippen molar-refractivity contribution in [1.82, 2.24) is 14.5 Å². The molecule has 0 fully saturated rings. The maximum atomic E-state index is 14.2. The second-order valence-electron chi connectivity index (χ2n) is 10.3. The summed E-state index contributed by atoms with van der Waals surface area (Å²) in [4.78, 5) is 34.4. The van der Waals surface area contributed by atoms with Gasteiger partial charge in [0.15, 0.2) is 0 Å². The van der Waals surface area contributed by atoms with Crippen molar-refractivity contribution in [3.05, 3.63) is 111 Å². The molecular weight excluding hydrogens is 495 g/mol. The number of aliphatic hydroxyl groups is 1. The third kappa shape index (κ3) is 3.83. The topological polar surface area (TPSA) is 111 Å². The van der Waals surface area contributed by atoms with E-state index in [4.69, 9.17) is 5.73 Å². The summed E-state index contributed by atoms with van der Waals surface area (Å²) in [6.45, 7) is 5.26. The number of rotatable bonds is 4. The van der Waals surface area contributed by atoms with Gasteiger partial charge in [-0.25, -0.2) is 9.37 Å². The van der Waals surface area contributed by atoms with Crippen LogP contribution in [0.15, 0.2) is 71.9 Å². The van der Waals surface area contributed by atoms with Gasteiger partial charge in [0, 0.05) is 18.2 Å². The smallest absolute Gasteiger partial charge is 0.265 e. The summed E-state index contributed by atoms with van der Waals surface area (Å²) < 4.78 is 15.7. The average molecular weight is 521 g/mol. The Hall–Kier alpha value is -4.69. The minimum atomic E-state index is -1.15. The highest BCUT2D eigenvalue weighted by Gasteiger charge is 2.30. The number of primary amides is 1. The third-order valence-corrected chi connectivity index (χ3v) is 7.42. The van der Waals surface area contributed by atoms with E-state index in [1.807, 2.05) is 37.3 Å². The number of para-hydroxylation sites is 1. The lowest BCUT2D eigenvalue weighted by Crippen LogP contribution is -2.20. The number of hydrogen-bond donors (Lipinski definition) is 2. The summed E-state index contributed by atoms with van der Waals surface area (Å²) in [6, 6.07) is 15.4. The lowest BCUT2D eigenvalue weighted by molar-refractivity contribution is 0.0739. The van der Waals surface area contributed by atoms with Crippen LogP contribution in [0.2, 0.25) is 0 Å². The van der Waals surface area contributed by atoms with Gasteiger partial charge in [0.05, 0.1) is 16.8 Å². The molecule has 39 heavy (non-hydrogen) atoms. The second-order valence-corrected chi connectivity index (χ2v) is 10.3. The van der Waals surface area contributed by atoms with E-state index in [1.54, 1.807) is 32.2 Å². The van der Waals surface area contributed by atoms with E-state index in [9.17, 15) is 19.1 Å². The number of fused-ring (bicyclic) bond motifs is 4. The molecule has 0 saturated heterocycles. The Morgan fingerprint density at radius 2 is 1.82 bits per heavy atom. The van der Waals surface area contributed by atoms with E-state index < -0.39 is 17.3 Å². The molecule has 0 atom stereocenters. The summed E-state index contributed by atoms with van der Waals surface area (Å²) >= 11 is 0. The normalized spacial score (nSPS) is 12.4. The number of pyridine rings is 1. The van der Waals surface area contributed by atoms with Crippen LogP contribution in [0, 0.1) is 12.7 Å². The van der Waals surface area contributed by atoms with Crippen LogP contribution in [0.3, 0.4) is 0 Å². The number of nitrogens with zero attached hydrogens (tertiary/aromatic N) is 3. The molecule has 0 unspecified atom stereocenters. The minimum Gasteiger partial charge on any atom is -0.384 e. The Kier molecular flexibility index (Phi) is 5.48. The summed E-state index contributed by atoms with van der Waals surface area (Å²) in [7, 11) is 0. The first-order valence-electron chi connectivity index (χ1n) is 12.5. The molecule has 1 amide bonds. The first kappa shape index (κ1) is 24.6. The first-order chi connectivity index (χ1) is 18.6. The molecule has 0 radical (unpaired) electrons. The van der Waals surface area contributed by atoms with Crippen LogP contribution in [-0.2, 0) is 12.0 Å². The highest BCUT2D eigenvalue weighted by molar-refractivity contribution is 6.02. The van der Waals surface area contributed by atoms with Gasteiger partial charge in [-0.15, -0.1) is 0 Å². The van der Waals surface area contributed by atoms with E-state index in [2.05, 4.69) is 9.97 Å². The van der Waals surface area contributed by atoms with Crippen molar-refractivity contribution in [2.75, 3.05) is 0 Å². The molecule has 6 rings (SSSR count). The standard InChI is InChI=1S/C31H25FN4O3/c1-16-18(6-5-9-25(16)36-15-35-28-21(30(36)38)7-4-8-24(28)32)19-10-11-20(29(33)37)23-12-17-14-34-26(31(2,3)39)13-22(17)27(19)23/h4-11,13-15,39H,12H2,1-3H3,(H2,33,37). The predicted octanol–water partition coefficient (Wildman–Crippen LogP) is 4.79. The molecule has 194 valence electrons. The zero-order chi connectivity index (χ0) is 27.6. The Labute approximate surface area is 223 Å². The van der Waals surface area contributed by atoms with Crippen molar-refractivity contribution in [1.29, 1.82) is 0 Å². The number of hydrogen-bond acceptors (Lipinski definition) is 5. The SMILES string of the molecule is Cc1c(-c2ccc(C(N)=O)c3c2-c2cc(C(C)(C)O)ncc2C3)cccc1-n1cnc2c(F)cccc2c1=O. The Bertz CT molecular complexity index is 1900. The van der Waals surface area contributed by atoms with Crippen molar-refractivity contribution >= 4 is 16.8 Å². The molecule has 1 aliphatic rings.